The molecular weight excluding hydrogens is 298 g/mol. The van der Waals surface area contributed by atoms with Crippen molar-refractivity contribution in [2.75, 3.05) is 6.61 Å². The van der Waals surface area contributed by atoms with Gasteiger partial charge in [0, 0.05) is 33.9 Å². The van der Waals surface area contributed by atoms with Crippen molar-refractivity contribution < 1.29 is 10.0 Å². The number of aliphatic hydroxyl groups is 1. The third kappa shape index (κ3) is 3.67. The number of hydrogen-bond acceptors (Lipinski definition) is 4. The second-order valence-electron chi connectivity index (χ2n) is 5.13. The fraction of sp³-hybridized carbons (Fsp3) is 0.294. The van der Waals surface area contributed by atoms with Gasteiger partial charge in [-0.1, -0.05) is 43.8 Å². The molecule has 2 aromatic rings. The van der Waals surface area contributed by atoms with Crippen LogP contribution in [0.4, 0.5) is 5.69 Å². The van der Waals surface area contributed by atoms with Crippen LogP contribution in [0.15, 0.2) is 52.3 Å². The van der Waals surface area contributed by atoms with Crippen molar-refractivity contribution in [1.29, 1.82) is 0 Å². The van der Waals surface area contributed by atoms with Gasteiger partial charge < -0.3 is 5.11 Å². The molecule has 116 valence electrons. The van der Waals surface area contributed by atoms with E-state index < -0.39 is 0 Å². The van der Waals surface area contributed by atoms with Gasteiger partial charge in [0.25, 0.3) is 5.69 Å². The highest BCUT2D eigenvalue weighted by molar-refractivity contribution is 7.99. The van der Waals surface area contributed by atoms with Crippen molar-refractivity contribution >= 4 is 17.4 Å². The Balaban J connectivity index is 2.50. The number of aliphatic hydroxyl groups excluding tert-OH is 1. The van der Waals surface area contributed by atoms with Gasteiger partial charge in [-0.3, -0.25) is 10.1 Å². The van der Waals surface area contributed by atoms with Gasteiger partial charge in [0.2, 0.25) is 0 Å². The molecular formula is C17H19NO3S. The van der Waals surface area contributed by atoms with Crippen molar-refractivity contribution in [1.82, 2.24) is 0 Å². The molecule has 0 aliphatic heterocycles. The molecule has 2 aromatic carbocycles. The van der Waals surface area contributed by atoms with E-state index in [1.165, 1.54) is 0 Å². The number of nitro benzene ring substituents is 1. The molecule has 0 amide bonds. The van der Waals surface area contributed by atoms with Gasteiger partial charge >= 0.3 is 0 Å². The average Bonchev–Trinajstić information content (AvgIpc) is 2.54. The lowest BCUT2D eigenvalue weighted by atomic mass is 9.97. The van der Waals surface area contributed by atoms with Crippen LogP contribution in [0.5, 0.6) is 0 Å². The van der Waals surface area contributed by atoms with Gasteiger partial charge in [-0.05, 0) is 30.2 Å². The van der Waals surface area contributed by atoms with E-state index in [1.54, 1.807) is 24.8 Å². The normalized spacial score (nSPS) is 12.1. The van der Waals surface area contributed by atoms with E-state index in [0.717, 1.165) is 21.8 Å². The van der Waals surface area contributed by atoms with Crippen molar-refractivity contribution in [2.45, 2.75) is 36.0 Å². The van der Waals surface area contributed by atoms with Gasteiger partial charge in [0.05, 0.1) is 4.92 Å². The molecule has 0 aliphatic carbocycles. The molecule has 22 heavy (non-hydrogen) atoms. The standard InChI is InChI=1S/C17H19NO3S/c1-3-13-9-16(18(20)21)15(12(2)11-19)10-17(13)22-14-7-5-4-6-8-14/h4-10,12,19H,3,11H2,1-2H3. The van der Waals surface area contributed by atoms with Crippen molar-refractivity contribution in [2.24, 2.45) is 0 Å². The van der Waals surface area contributed by atoms with Crippen LogP contribution in [0.3, 0.4) is 0 Å². The summed E-state index contributed by atoms with van der Waals surface area (Å²) in [7, 11) is 0. The highest BCUT2D eigenvalue weighted by Crippen LogP contribution is 2.37. The summed E-state index contributed by atoms with van der Waals surface area (Å²) < 4.78 is 0. The summed E-state index contributed by atoms with van der Waals surface area (Å²) >= 11 is 1.60. The summed E-state index contributed by atoms with van der Waals surface area (Å²) in [6.45, 7) is 3.68. The Morgan fingerprint density at radius 2 is 1.95 bits per heavy atom. The predicted octanol–water partition coefficient (Wildman–Crippen LogP) is 4.40. The highest BCUT2D eigenvalue weighted by Gasteiger charge is 2.21. The highest BCUT2D eigenvalue weighted by atomic mass is 32.2. The zero-order valence-corrected chi connectivity index (χ0v) is 13.5. The fourth-order valence-corrected chi connectivity index (χ4v) is 3.33. The first-order chi connectivity index (χ1) is 10.6. The zero-order chi connectivity index (χ0) is 16.1. The molecule has 4 nitrogen and oxygen atoms in total. The fourth-order valence-electron chi connectivity index (χ4n) is 2.27. The van der Waals surface area contributed by atoms with Gasteiger partial charge in [-0.15, -0.1) is 0 Å². The lowest BCUT2D eigenvalue weighted by Crippen LogP contribution is -2.05. The van der Waals surface area contributed by atoms with Crippen LogP contribution in [-0.2, 0) is 6.42 Å². The second kappa shape index (κ2) is 7.42. The quantitative estimate of drug-likeness (QED) is 0.633. The maximum Gasteiger partial charge on any atom is 0.273 e. The largest absolute Gasteiger partial charge is 0.396 e. The minimum atomic E-state index is -0.363. The third-order valence-corrected chi connectivity index (χ3v) is 4.67. The van der Waals surface area contributed by atoms with E-state index in [1.807, 2.05) is 43.3 Å². The number of hydrogen-bond donors (Lipinski definition) is 1. The van der Waals surface area contributed by atoms with Crippen LogP contribution >= 0.6 is 11.8 Å². The van der Waals surface area contributed by atoms with Crippen LogP contribution in [0.2, 0.25) is 0 Å². The molecule has 0 heterocycles. The first-order valence-electron chi connectivity index (χ1n) is 7.21. The monoisotopic (exact) mass is 317 g/mol. The Bertz CT molecular complexity index is 658. The number of benzene rings is 2. The molecule has 0 aliphatic rings. The molecule has 5 heteroatoms. The smallest absolute Gasteiger partial charge is 0.273 e. The molecule has 0 saturated heterocycles. The van der Waals surface area contributed by atoms with Crippen LogP contribution in [0.25, 0.3) is 0 Å². The molecule has 1 atom stereocenters. The third-order valence-electron chi connectivity index (χ3n) is 3.56. The van der Waals surface area contributed by atoms with Crippen molar-refractivity contribution in [3.05, 3.63) is 63.7 Å². The Morgan fingerprint density at radius 3 is 2.50 bits per heavy atom. The summed E-state index contributed by atoms with van der Waals surface area (Å²) in [6, 6.07) is 13.4. The Hall–Kier alpha value is -1.85. The predicted molar refractivity (Wildman–Crippen MR) is 88.5 cm³/mol. The maximum atomic E-state index is 11.3. The summed E-state index contributed by atoms with van der Waals surface area (Å²) in [6.07, 6.45) is 0.726. The van der Waals surface area contributed by atoms with E-state index in [-0.39, 0.29) is 23.1 Å². The SMILES string of the molecule is CCc1cc([N+](=O)[O-])c(C(C)CO)cc1Sc1ccccc1. The first-order valence-corrected chi connectivity index (χ1v) is 8.03. The topological polar surface area (TPSA) is 63.4 Å². The van der Waals surface area contributed by atoms with Crippen molar-refractivity contribution in [3.63, 3.8) is 0 Å². The maximum absolute atomic E-state index is 11.3. The van der Waals surface area contributed by atoms with E-state index >= 15 is 0 Å². The van der Waals surface area contributed by atoms with Gasteiger partial charge in [0.15, 0.2) is 0 Å². The summed E-state index contributed by atoms with van der Waals surface area (Å²) in [5.41, 5.74) is 1.63. The Labute approximate surface area is 134 Å². The lowest BCUT2D eigenvalue weighted by Gasteiger charge is -2.14. The zero-order valence-electron chi connectivity index (χ0n) is 12.7. The second-order valence-corrected chi connectivity index (χ2v) is 6.24. The minimum Gasteiger partial charge on any atom is -0.396 e. The molecule has 2 rings (SSSR count). The number of nitro groups is 1. The molecule has 0 spiro atoms. The van der Waals surface area contributed by atoms with Crippen LogP contribution in [-0.4, -0.2) is 16.6 Å². The summed E-state index contributed by atoms with van der Waals surface area (Å²) in [5, 5.41) is 20.7. The molecule has 1 unspecified atom stereocenters. The van der Waals surface area contributed by atoms with E-state index in [9.17, 15) is 15.2 Å². The van der Waals surface area contributed by atoms with Crippen LogP contribution < -0.4 is 0 Å². The number of aryl methyl sites for hydroxylation is 1. The van der Waals surface area contributed by atoms with Gasteiger partial charge in [-0.2, -0.15) is 0 Å². The van der Waals surface area contributed by atoms with Crippen molar-refractivity contribution in [3.8, 4) is 0 Å². The lowest BCUT2D eigenvalue weighted by molar-refractivity contribution is -0.385. The summed E-state index contributed by atoms with van der Waals surface area (Å²) in [4.78, 5) is 13.0. The molecule has 0 radical (unpaired) electrons. The van der Waals surface area contributed by atoms with Crippen LogP contribution in [0, 0.1) is 10.1 Å². The summed E-state index contributed by atoms with van der Waals surface area (Å²) in [5.74, 6) is -0.263. The average molecular weight is 317 g/mol. The molecule has 0 aromatic heterocycles. The molecule has 0 fully saturated rings. The Kier molecular flexibility index (Phi) is 5.57. The Morgan fingerprint density at radius 1 is 1.27 bits per heavy atom. The molecule has 0 saturated carbocycles. The van der Waals surface area contributed by atoms with E-state index in [4.69, 9.17) is 0 Å². The minimum absolute atomic E-state index is 0.0933. The number of nitrogens with zero attached hydrogens (tertiary/aromatic N) is 1. The van der Waals surface area contributed by atoms with Gasteiger partial charge in [-0.25, -0.2) is 0 Å². The molecule has 1 N–H and O–H groups in total. The van der Waals surface area contributed by atoms with Gasteiger partial charge in [0.1, 0.15) is 0 Å². The van der Waals surface area contributed by atoms with E-state index in [0.29, 0.717) is 5.56 Å². The number of rotatable bonds is 6. The van der Waals surface area contributed by atoms with E-state index in [2.05, 4.69) is 0 Å². The first kappa shape index (κ1) is 16.5. The van der Waals surface area contributed by atoms with Crippen LogP contribution in [0.1, 0.15) is 30.9 Å². The molecule has 0 bridgehead atoms.